The molecule has 0 spiro atoms. The molecule has 8 heteroatoms. The van der Waals surface area contributed by atoms with Gasteiger partial charge in [-0.2, -0.15) is 10.2 Å². The van der Waals surface area contributed by atoms with Crippen molar-refractivity contribution in [3.05, 3.63) is 73.5 Å². The third-order valence-electron chi connectivity index (χ3n) is 9.42. The van der Waals surface area contributed by atoms with E-state index in [1.54, 1.807) is 0 Å². The van der Waals surface area contributed by atoms with E-state index < -0.39 is 0 Å². The summed E-state index contributed by atoms with van der Waals surface area (Å²) >= 11 is 0. The molecule has 212 valence electrons. The quantitative estimate of drug-likeness (QED) is 0.323. The number of dihydropyridines is 1. The van der Waals surface area contributed by atoms with Crippen LogP contribution < -0.4 is 16.8 Å². The molecule has 1 aliphatic rings. The number of rotatable bonds is 5. The van der Waals surface area contributed by atoms with E-state index in [-0.39, 0.29) is 12.1 Å². The lowest BCUT2D eigenvalue weighted by atomic mass is 9.93. The van der Waals surface area contributed by atoms with Crippen LogP contribution in [-0.2, 0) is 19.3 Å². The van der Waals surface area contributed by atoms with Crippen LogP contribution in [0.3, 0.4) is 0 Å². The first kappa shape index (κ1) is 27.9. The maximum Gasteiger partial charge on any atom is 0.149 e. The van der Waals surface area contributed by atoms with Gasteiger partial charge >= 0.3 is 0 Å². The van der Waals surface area contributed by atoms with Crippen LogP contribution in [-0.4, -0.2) is 37.1 Å². The van der Waals surface area contributed by atoms with E-state index in [1.165, 1.54) is 50.2 Å². The van der Waals surface area contributed by atoms with E-state index in [9.17, 15) is 0 Å². The fourth-order valence-corrected chi connectivity index (χ4v) is 6.17. The second-order valence-corrected chi connectivity index (χ2v) is 11.5. The van der Waals surface area contributed by atoms with Crippen molar-refractivity contribution < 1.29 is 0 Å². The van der Waals surface area contributed by atoms with E-state index in [0.29, 0.717) is 18.0 Å². The normalized spacial score (nSPS) is 17.6. The van der Waals surface area contributed by atoms with Crippen LogP contribution in [0.15, 0.2) is 16.8 Å². The van der Waals surface area contributed by atoms with E-state index in [2.05, 4.69) is 83.6 Å². The highest BCUT2D eigenvalue weighted by Gasteiger charge is 2.28. The Bertz CT molecular complexity index is 1730. The minimum atomic E-state index is -0.290. The fourth-order valence-electron chi connectivity index (χ4n) is 6.17. The van der Waals surface area contributed by atoms with Crippen molar-refractivity contribution in [3.63, 3.8) is 0 Å². The number of fused-ring (bicyclic) bond motifs is 2. The number of amidine groups is 1. The summed E-state index contributed by atoms with van der Waals surface area (Å²) in [7, 11) is 0. The van der Waals surface area contributed by atoms with Crippen molar-refractivity contribution in [2.75, 3.05) is 5.32 Å². The highest BCUT2D eigenvalue weighted by atomic mass is 15.3. The van der Waals surface area contributed by atoms with E-state index in [4.69, 9.17) is 26.7 Å². The molecule has 5 rings (SSSR count). The molecule has 40 heavy (non-hydrogen) atoms. The van der Waals surface area contributed by atoms with E-state index in [1.807, 2.05) is 6.08 Å². The van der Waals surface area contributed by atoms with Crippen molar-refractivity contribution in [2.24, 2.45) is 16.5 Å². The summed E-state index contributed by atoms with van der Waals surface area (Å²) in [5, 5.41) is 13.6. The summed E-state index contributed by atoms with van der Waals surface area (Å²) in [5.74, 6) is 0.654. The molecule has 4 aromatic rings. The largest absolute Gasteiger partial charge is 0.396 e. The number of hydrogen-bond donors (Lipinski definition) is 3. The molecule has 0 aliphatic carbocycles. The fraction of sp³-hybridized carbons (Fsp3) is 0.469. The Morgan fingerprint density at radius 1 is 0.750 bits per heavy atom. The number of nitrogens with one attached hydrogen (secondary N) is 1. The number of hydrogen-bond acceptors (Lipinski definition) is 6. The number of aromatic nitrogens is 4. The lowest BCUT2D eigenvalue weighted by Crippen LogP contribution is -2.41. The second-order valence-electron chi connectivity index (χ2n) is 11.5. The maximum atomic E-state index is 6.67. The first-order valence-corrected chi connectivity index (χ1v) is 14.4. The third kappa shape index (κ3) is 4.12. The Hall–Kier alpha value is -3.65. The van der Waals surface area contributed by atoms with Crippen LogP contribution in [0, 0.1) is 55.4 Å². The molecule has 0 bridgehead atoms. The van der Waals surface area contributed by atoms with Crippen LogP contribution >= 0.6 is 0 Å². The van der Waals surface area contributed by atoms with Gasteiger partial charge in [0.1, 0.15) is 5.84 Å². The average Bonchev–Trinajstić information content (AvgIpc) is 3.49. The summed E-state index contributed by atoms with van der Waals surface area (Å²) < 4.78 is 4.18. The Morgan fingerprint density at radius 2 is 1.27 bits per heavy atom. The molecule has 0 radical (unpaired) electrons. The van der Waals surface area contributed by atoms with Crippen molar-refractivity contribution in [1.82, 2.24) is 19.2 Å². The van der Waals surface area contributed by atoms with Crippen molar-refractivity contribution in [1.29, 1.82) is 0 Å². The molecule has 2 atom stereocenters. The van der Waals surface area contributed by atoms with Crippen molar-refractivity contribution in [3.8, 4) is 0 Å². The van der Waals surface area contributed by atoms with Gasteiger partial charge in [0.05, 0.1) is 39.8 Å². The Balaban J connectivity index is 1.61. The summed E-state index contributed by atoms with van der Waals surface area (Å²) in [5.41, 5.74) is 30.3. The molecule has 0 fully saturated rings. The monoisotopic (exact) mass is 540 g/mol. The molecule has 4 aromatic heterocycles. The predicted molar refractivity (Wildman–Crippen MR) is 166 cm³/mol. The number of nitrogens with zero attached hydrogens (tertiary/aromatic N) is 5. The van der Waals surface area contributed by atoms with E-state index >= 15 is 0 Å². The third-order valence-corrected chi connectivity index (χ3v) is 9.42. The molecule has 0 saturated heterocycles. The number of aliphatic imine (C=N–C) groups is 1. The van der Waals surface area contributed by atoms with Crippen molar-refractivity contribution >= 4 is 22.6 Å². The van der Waals surface area contributed by atoms with Gasteiger partial charge in [-0.05, 0) is 108 Å². The Labute approximate surface area is 237 Å². The van der Waals surface area contributed by atoms with Gasteiger partial charge in [-0.25, -0.2) is 9.03 Å². The molecule has 5 N–H and O–H groups in total. The van der Waals surface area contributed by atoms with Gasteiger partial charge in [-0.1, -0.05) is 13.8 Å². The molecule has 5 heterocycles. The zero-order valence-electron chi connectivity index (χ0n) is 25.7. The number of pyridine rings is 2. The standard InChI is InChI=1S/C32H44N8/c1-11-26-23(30-19(7)15(3)17(5)21(9)39(30)37-26)13-28-24(33)14-25(34)32(35-28)36-29-27(12-2)38-40-22(10)18(6)16(4)20(8)31(29)40/h14,24,28H,11-13,33-34H2,1-10H3,(H,35,36). The Morgan fingerprint density at radius 3 is 1.85 bits per heavy atom. The zero-order chi connectivity index (χ0) is 29.2. The smallest absolute Gasteiger partial charge is 0.149 e. The highest BCUT2D eigenvalue weighted by Crippen LogP contribution is 2.33. The molecule has 0 amide bonds. The van der Waals surface area contributed by atoms with Gasteiger partial charge in [0.25, 0.3) is 0 Å². The molecular weight excluding hydrogens is 496 g/mol. The van der Waals surface area contributed by atoms with Gasteiger partial charge in [-0.15, -0.1) is 0 Å². The lowest BCUT2D eigenvalue weighted by Gasteiger charge is -2.26. The molecular formula is C32H44N8. The first-order valence-electron chi connectivity index (χ1n) is 14.4. The molecule has 0 aromatic carbocycles. The van der Waals surface area contributed by atoms with Gasteiger partial charge in [-0.3, -0.25) is 4.99 Å². The second kappa shape index (κ2) is 10.1. The molecule has 8 nitrogen and oxygen atoms in total. The minimum absolute atomic E-state index is 0.173. The highest BCUT2D eigenvalue weighted by molar-refractivity contribution is 6.10. The maximum absolute atomic E-state index is 6.67. The number of aryl methyl sites for hydroxylation is 6. The van der Waals surface area contributed by atoms with Crippen LogP contribution in [0.4, 0.5) is 5.69 Å². The van der Waals surface area contributed by atoms with Gasteiger partial charge in [0, 0.05) is 29.4 Å². The van der Waals surface area contributed by atoms with E-state index in [0.717, 1.165) is 41.1 Å². The summed E-state index contributed by atoms with van der Waals surface area (Å²) in [6.45, 7) is 21.6. The molecule has 0 saturated carbocycles. The summed E-state index contributed by atoms with van der Waals surface area (Å²) in [6.07, 6.45) is 4.27. The molecule has 2 unspecified atom stereocenters. The molecule has 1 aliphatic heterocycles. The lowest BCUT2D eigenvalue weighted by molar-refractivity contribution is 0.589. The minimum Gasteiger partial charge on any atom is -0.396 e. The van der Waals surface area contributed by atoms with Crippen LogP contribution in [0.25, 0.3) is 11.0 Å². The van der Waals surface area contributed by atoms with Gasteiger partial charge in [0.2, 0.25) is 0 Å². The van der Waals surface area contributed by atoms with Crippen LogP contribution in [0.1, 0.15) is 75.6 Å². The predicted octanol–water partition coefficient (Wildman–Crippen LogP) is 5.18. The Kier molecular flexibility index (Phi) is 7.03. The van der Waals surface area contributed by atoms with Crippen molar-refractivity contribution in [2.45, 2.75) is 101 Å². The zero-order valence-corrected chi connectivity index (χ0v) is 25.7. The summed E-state index contributed by atoms with van der Waals surface area (Å²) in [4.78, 5) is 5.16. The number of anilines is 1. The van der Waals surface area contributed by atoms with Crippen LogP contribution in [0.2, 0.25) is 0 Å². The SMILES string of the molecule is CCc1nn2c(C)c(C)c(C)c(C)c2c1CC1N=C(Nc2c(CC)nn3c(C)c(C)c(C)c(C)c23)C(N)=CC1N. The average molecular weight is 541 g/mol. The van der Waals surface area contributed by atoms with Gasteiger partial charge in [0.15, 0.2) is 0 Å². The topological polar surface area (TPSA) is 111 Å². The van der Waals surface area contributed by atoms with Crippen LogP contribution in [0.5, 0.6) is 0 Å². The first-order chi connectivity index (χ1) is 18.9. The number of nitrogens with two attached hydrogens (primary N) is 2. The summed E-state index contributed by atoms with van der Waals surface area (Å²) in [6, 6.07) is -0.463. The van der Waals surface area contributed by atoms with Gasteiger partial charge < -0.3 is 16.8 Å².